The third kappa shape index (κ3) is 2.67. The van der Waals surface area contributed by atoms with Gasteiger partial charge in [-0.3, -0.25) is 14.4 Å². The van der Waals surface area contributed by atoms with Crippen molar-refractivity contribution in [1.82, 2.24) is 0 Å². The first-order valence-corrected chi connectivity index (χ1v) is 8.99. The Morgan fingerprint density at radius 1 is 1.04 bits per heavy atom. The van der Waals surface area contributed by atoms with Crippen LogP contribution in [0.5, 0.6) is 0 Å². The molecule has 3 rings (SSSR count). The number of thiophene rings is 1. The molecule has 0 aromatic carbocycles. The summed E-state index contributed by atoms with van der Waals surface area (Å²) in [4.78, 5) is 40.7. The number of hydrogen-bond donors (Lipinski definition) is 0. The zero-order chi connectivity index (χ0) is 17.6. The predicted molar refractivity (Wildman–Crippen MR) is 97.3 cm³/mol. The van der Waals surface area contributed by atoms with Gasteiger partial charge in [0.2, 0.25) is 16.6 Å². The van der Waals surface area contributed by atoms with Crippen LogP contribution in [-0.4, -0.2) is 55.2 Å². The Bertz CT molecular complexity index is 855. The van der Waals surface area contributed by atoms with E-state index in [9.17, 15) is 14.4 Å². The van der Waals surface area contributed by atoms with E-state index in [0.29, 0.717) is 9.78 Å². The van der Waals surface area contributed by atoms with Crippen LogP contribution in [0.15, 0.2) is 34.8 Å². The first-order chi connectivity index (χ1) is 11.3. The number of Topliss-reactive ketones (excluding diaryl/α,β-unsaturated/α-hetero) is 3. The van der Waals surface area contributed by atoms with Gasteiger partial charge in [0.25, 0.3) is 0 Å². The van der Waals surface area contributed by atoms with E-state index in [-0.39, 0.29) is 11.4 Å². The molecule has 0 bridgehead atoms. The number of nitrogens with zero attached hydrogens (tertiary/aromatic N) is 2. The van der Waals surface area contributed by atoms with Gasteiger partial charge < -0.3 is 4.90 Å². The summed E-state index contributed by atoms with van der Waals surface area (Å²) in [5.41, 5.74) is 0.0305. The Hall–Kier alpha value is -1.99. The zero-order valence-electron chi connectivity index (χ0n) is 13.8. The molecule has 2 heterocycles. The molecule has 1 aliphatic heterocycles. The minimum atomic E-state index is -0.990. The molecule has 1 saturated carbocycles. The summed E-state index contributed by atoms with van der Waals surface area (Å²) < 4.78 is 1.90. The SMILES string of the molecule is CN(C)c1ccc(C2C(=O)C(=O)/C(=C3\C=CC(=[N+](C)C)S3)C2=O)s1. The van der Waals surface area contributed by atoms with Crippen LogP contribution in [0.25, 0.3) is 0 Å². The fourth-order valence-corrected chi connectivity index (χ4v) is 4.57. The second-order valence-electron chi connectivity index (χ2n) is 5.97. The number of carbonyl (C=O) groups excluding carboxylic acids is 3. The van der Waals surface area contributed by atoms with E-state index in [1.165, 1.54) is 23.1 Å². The standard InChI is InChI=1S/C17H17N2O3S2/c1-18(2)11-7-5-9(23-11)13-15(20)14(17(22)16(13)21)10-6-8-12(24-10)19(3)4/h5-8,13H,1-4H3/q+1/b14-10+. The molecular weight excluding hydrogens is 344 g/mol. The quantitative estimate of drug-likeness (QED) is 0.265. The Morgan fingerprint density at radius 3 is 2.29 bits per heavy atom. The molecule has 1 unspecified atom stereocenters. The van der Waals surface area contributed by atoms with Crippen molar-refractivity contribution in [3.05, 3.63) is 39.6 Å². The average Bonchev–Trinajstić information content (AvgIpc) is 3.20. The Kier molecular flexibility index (Phi) is 4.31. The van der Waals surface area contributed by atoms with E-state index in [4.69, 9.17) is 0 Å². The first-order valence-electron chi connectivity index (χ1n) is 7.35. The fraction of sp³-hybridized carbons (Fsp3) is 0.294. The van der Waals surface area contributed by atoms with E-state index in [1.807, 2.05) is 49.8 Å². The second-order valence-corrected chi connectivity index (χ2v) is 8.12. The van der Waals surface area contributed by atoms with Crippen LogP contribution in [0.1, 0.15) is 10.8 Å². The lowest BCUT2D eigenvalue weighted by Crippen LogP contribution is -2.13. The largest absolute Gasteiger partial charge is 0.370 e. The summed E-state index contributed by atoms with van der Waals surface area (Å²) in [6.07, 6.45) is 3.58. The van der Waals surface area contributed by atoms with Crippen molar-refractivity contribution < 1.29 is 19.0 Å². The van der Waals surface area contributed by atoms with E-state index in [2.05, 4.69) is 0 Å². The van der Waals surface area contributed by atoms with Crippen LogP contribution in [0.4, 0.5) is 5.00 Å². The first kappa shape index (κ1) is 16.9. The molecular formula is C17H17N2O3S2+. The van der Waals surface area contributed by atoms with Crippen molar-refractivity contribution in [2.45, 2.75) is 5.92 Å². The molecule has 24 heavy (non-hydrogen) atoms. The van der Waals surface area contributed by atoms with Gasteiger partial charge in [0.05, 0.1) is 10.6 Å². The van der Waals surface area contributed by atoms with Gasteiger partial charge in [0.1, 0.15) is 20.0 Å². The molecule has 7 heteroatoms. The van der Waals surface area contributed by atoms with Crippen LogP contribution in [0, 0.1) is 0 Å². The molecule has 1 aliphatic carbocycles. The van der Waals surface area contributed by atoms with Gasteiger partial charge in [-0.2, -0.15) is 0 Å². The van der Waals surface area contributed by atoms with Gasteiger partial charge in [0.15, 0.2) is 5.78 Å². The second kappa shape index (κ2) is 6.14. The van der Waals surface area contributed by atoms with Gasteiger partial charge in [0, 0.05) is 30.0 Å². The molecule has 1 atom stereocenters. The minimum Gasteiger partial charge on any atom is -0.370 e. The number of carbonyl (C=O) groups is 3. The third-order valence-corrected chi connectivity index (χ3v) is 6.43. The monoisotopic (exact) mass is 361 g/mol. The van der Waals surface area contributed by atoms with Crippen LogP contribution < -0.4 is 4.90 Å². The summed E-state index contributed by atoms with van der Waals surface area (Å²) in [5.74, 6) is -2.67. The molecule has 0 amide bonds. The van der Waals surface area contributed by atoms with Gasteiger partial charge in [-0.1, -0.05) is 0 Å². The fourth-order valence-electron chi connectivity index (χ4n) is 2.56. The molecule has 0 saturated heterocycles. The topological polar surface area (TPSA) is 57.5 Å². The van der Waals surface area contributed by atoms with Crippen LogP contribution in [-0.2, 0) is 14.4 Å². The number of ketones is 3. The highest BCUT2D eigenvalue weighted by Gasteiger charge is 2.48. The summed E-state index contributed by atoms with van der Waals surface area (Å²) in [5, 5.41) is 1.87. The van der Waals surface area contributed by atoms with Crippen molar-refractivity contribution in [1.29, 1.82) is 0 Å². The lowest BCUT2D eigenvalue weighted by Gasteiger charge is -2.08. The molecule has 1 aromatic heterocycles. The highest BCUT2D eigenvalue weighted by molar-refractivity contribution is 8.18. The van der Waals surface area contributed by atoms with E-state index >= 15 is 0 Å². The van der Waals surface area contributed by atoms with Gasteiger partial charge in [-0.05, 0) is 30.0 Å². The Balaban J connectivity index is 2.00. The average molecular weight is 361 g/mol. The Morgan fingerprint density at radius 2 is 1.75 bits per heavy atom. The molecule has 0 N–H and O–H groups in total. The number of allylic oxidation sites excluding steroid dienone is 2. The lowest BCUT2D eigenvalue weighted by atomic mass is 10.0. The summed E-state index contributed by atoms with van der Waals surface area (Å²) in [6, 6.07) is 3.62. The third-order valence-electron chi connectivity index (χ3n) is 3.84. The van der Waals surface area contributed by atoms with Gasteiger partial charge in [-0.25, -0.2) is 4.58 Å². The molecule has 1 aromatic rings. The maximum Gasteiger partial charge on any atom is 0.239 e. The zero-order valence-corrected chi connectivity index (χ0v) is 15.5. The van der Waals surface area contributed by atoms with Crippen LogP contribution in [0.2, 0.25) is 0 Å². The van der Waals surface area contributed by atoms with E-state index in [0.717, 1.165) is 10.0 Å². The van der Waals surface area contributed by atoms with Crippen LogP contribution in [0.3, 0.4) is 0 Å². The smallest absolute Gasteiger partial charge is 0.239 e. The summed E-state index contributed by atoms with van der Waals surface area (Å²) >= 11 is 2.71. The van der Waals surface area contributed by atoms with Gasteiger partial charge >= 0.3 is 0 Å². The number of rotatable bonds is 2. The predicted octanol–water partition coefficient (Wildman–Crippen LogP) is 1.85. The number of thioether (sulfide) groups is 1. The maximum absolute atomic E-state index is 12.8. The van der Waals surface area contributed by atoms with Crippen molar-refractivity contribution in [3.63, 3.8) is 0 Å². The number of anilines is 1. The Labute approximate surface area is 148 Å². The van der Waals surface area contributed by atoms with Crippen molar-refractivity contribution in [3.8, 4) is 0 Å². The summed E-state index contributed by atoms with van der Waals surface area (Å²) in [6.45, 7) is 0. The lowest BCUT2D eigenvalue weighted by molar-refractivity contribution is -0.460. The van der Waals surface area contributed by atoms with E-state index < -0.39 is 17.5 Å². The highest BCUT2D eigenvalue weighted by Crippen LogP contribution is 2.40. The molecule has 0 radical (unpaired) electrons. The molecule has 2 aliphatic rings. The molecule has 5 nitrogen and oxygen atoms in total. The highest BCUT2D eigenvalue weighted by atomic mass is 32.2. The maximum atomic E-state index is 12.8. The summed E-state index contributed by atoms with van der Waals surface area (Å²) in [7, 11) is 7.57. The van der Waals surface area contributed by atoms with E-state index in [1.54, 1.807) is 12.1 Å². The van der Waals surface area contributed by atoms with Crippen molar-refractivity contribution in [2.24, 2.45) is 0 Å². The minimum absolute atomic E-state index is 0.0305. The molecule has 1 fully saturated rings. The normalized spacial score (nSPS) is 23.6. The number of hydrogen-bond acceptors (Lipinski definition) is 6. The van der Waals surface area contributed by atoms with Gasteiger partial charge in [-0.15, -0.1) is 11.3 Å². The molecule has 124 valence electrons. The van der Waals surface area contributed by atoms with Crippen molar-refractivity contribution >= 4 is 50.5 Å². The molecule has 0 spiro atoms. The van der Waals surface area contributed by atoms with Crippen LogP contribution >= 0.6 is 23.1 Å². The van der Waals surface area contributed by atoms with Crippen molar-refractivity contribution in [2.75, 3.05) is 33.1 Å².